The number of β-lactam (4-membered cyclic amide) rings is 1. The fourth-order valence-corrected chi connectivity index (χ4v) is 4.66. The predicted molar refractivity (Wildman–Crippen MR) is 101 cm³/mol. The molecule has 0 bridgehead atoms. The number of nitrogen functional groups attached to an aromatic ring is 1. The monoisotopic (exact) mass is 485 g/mol. The van der Waals surface area contributed by atoms with Gasteiger partial charge in [0, 0.05) is 11.1 Å². The summed E-state index contributed by atoms with van der Waals surface area (Å²) in [4.78, 5) is 45.2. The van der Waals surface area contributed by atoms with E-state index in [0.29, 0.717) is 0 Å². The number of amides is 2. The highest BCUT2D eigenvalue weighted by Gasteiger charge is 2.54. The van der Waals surface area contributed by atoms with E-state index >= 15 is 0 Å². The number of rotatable bonds is 6. The van der Waals surface area contributed by atoms with Crippen LogP contribution in [-0.2, 0) is 19.2 Å². The van der Waals surface area contributed by atoms with Crippen LogP contribution in [0.3, 0.4) is 0 Å². The first-order chi connectivity index (χ1) is 14.0. The summed E-state index contributed by atoms with van der Waals surface area (Å²) >= 11 is 7.89. The lowest BCUT2D eigenvalue weighted by Gasteiger charge is -2.48. The molecule has 0 radical (unpaired) electrons. The molecule has 2 aliphatic rings. The minimum Gasteiger partial charge on any atom is -0.477 e. The number of carbonyl (C=O) groups excluding carboxylic acids is 2. The Kier molecular flexibility index (Phi) is 6.14. The number of carbonyl (C=O) groups is 3. The molecule has 3 heterocycles. The average molecular weight is 486 g/mol. The number of nitrogens with zero attached hydrogens (tertiary/aromatic N) is 3. The smallest absolute Gasteiger partial charge is 0.425 e. The lowest BCUT2D eigenvalue weighted by atomic mass is 10.0. The molecule has 0 aliphatic carbocycles. The number of thioether (sulfide) groups is 1. The molecule has 4 N–H and O–H groups in total. The van der Waals surface area contributed by atoms with Crippen molar-refractivity contribution in [1.29, 1.82) is 0 Å². The van der Waals surface area contributed by atoms with Gasteiger partial charge >= 0.3 is 12.1 Å². The maximum Gasteiger partial charge on any atom is 0.425 e. The van der Waals surface area contributed by atoms with Gasteiger partial charge in [-0.05, 0) is 0 Å². The van der Waals surface area contributed by atoms with Gasteiger partial charge in [0.15, 0.2) is 10.8 Å². The highest BCUT2D eigenvalue weighted by Crippen LogP contribution is 2.41. The Morgan fingerprint density at radius 3 is 2.77 bits per heavy atom. The van der Waals surface area contributed by atoms with E-state index in [2.05, 4.69) is 20.3 Å². The second kappa shape index (κ2) is 8.31. The summed E-state index contributed by atoms with van der Waals surface area (Å²) in [6.07, 6.45) is -4.69. The van der Waals surface area contributed by atoms with Crippen molar-refractivity contribution in [1.82, 2.24) is 15.2 Å². The van der Waals surface area contributed by atoms with E-state index in [4.69, 9.17) is 17.3 Å². The van der Waals surface area contributed by atoms with Gasteiger partial charge in [0.05, 0.1) is 5.03 Å². The zero-order valence-electron chi connectivity index (χ0n) is 14.5. The fourth-order valence-electron chi connectivity index (χ4n) is 2.56. The SMILES string of the molecule is Nc1nc(C(=NOCC(F)(F)F)C(=O)NC2C(=O)N3C(C(=O)O)=C(Cl)CS[C@H]23)cs1. The van der Waals surface area contributed by atoms with Crippen LogP contribution in [0.5, 0.6) is 0 Å². The Morgan fingerprint density at radius 2 is 2.20 bits per heavy atom. The van der Waals surface area contributed by atoms with Crippen LogP contribution in [0.1, 0.15) is 5.69 Å². The number of thiazole rings is 1. The molecule has 162 valence electrons. The van der Waals surface area contributed by atoms with Crippen LogP contribution >= 0.6 is 34.7 Å². The van der Waals surface area contributed by atoms with Crippen LogP contribution in [0, 0.1) is 0 Å². The molecule has 2 atom stereocenters. The second-order valence-electron chi connectivity index (χ2n) is 5.82. The molecule has 1 unspecified atom stereocenters. The normalized spacial score (nSPS) is 21.8. The number of nitrogens with one attached hydrogen (secondary N) is 1. The molecule has 1 fully saturated rings. The first kappa shape index (κ1) is 22.2. The number of alkyl halides is 3. The minimum absolute atomic E-state index is 0.0253. The van der Waals surface area contributed by atoms with Gasteiger partial charge in [0.1, 0.15) is 22.8 Å². The zero-order chi connectivity index (χ0) is 22.2. The van der Waals surface area contributed by atoms with E-state index in [1.807, 2.05) is 0 Å². The number of nitrogens with two attached hydrogens (primary N) is 1. The Balaban J connectivity index is 1.78. The maximum absolute atomic E-state index is 12.6. The van der Waals surface area contributed by atoms with Crippen LogP contribution in [0.15, 0.2) is 21.3 Å². The summed E-state index contributed by atoms with van der Waals surface area (Å²) in [7, 11) is 0. The van der Waals surface area contributed by atoms with Gasteiger partial charge in [-0.15, -0.1) is 23.1 Å². The second-order valence-corrected chi connectivity index (χ2v) is 8.27. The lowest BCUT2D eigenvalue weighted by Crippen LogP contribution is -2.71. The maximum atomic E-state index is 12.6. The zero-order valence-corrected chi connectivity index (χ0v) is 16.9. The average Bonchev–Trinajstić information content (AvgIpc) is 3.07. The molecule has 2 aliphatic heterocycles. The molecule has 0 spiro atoms. The molecule has 1 aromatic heterocycles. The highest BCUT2D eigenvalue weighted by molar-refractivity contribution is 8.00. The number of hydrogen-bond donors (Lipinski definition) is 3. The van der Waals surface area contributed by atoms with E-state index in [-0.39, 0.29) is 27.3 Å². The van der Waals surface area contributed by atoms with Crippen LogP contribution < -0.4 is 11.1 Å². The van der Waals surface area contributed by atoms with Crippen LogP contribution in [-0.4, -0.2) is 68.4 Å². The van der Waals surface area contributed by atoms with Gasteiger partial charge in [0.25, 0.3) is 11.8 Å². The number of aromatic nitrogens is 1. The first-order valence-corrected chi connectivity index (χ1v) is 10.2. The van der Waals surface area contributed by atoms with E-state index in [1.165, 1.54) is 5.38 Å². The molecular weight excluding hydrogens is 475 g/mol. The summed E-state index contributed by atoms with van der Waals surface area (Å²) in [6.45, 7) is -1.75. The Hall–Kier alpha value is -2.52. The Labute approximate surface area is 178 Å². The quantitative estimate of drug-likeness (QED) is 0.306. The topological polar surface area (TPSA) is 147 Å². The van der Waals surface area contributed by atoms with Crippen molar-refractivity contribution in [3.63, 3.8) is 0 Å². The molecule has 30 heavy (non-hydrogen) atoms. The third kappa shape index (κ3) is 4.46. The number of oxime groups is 1. The van der Waals surface area contributed by atoms with Crippen LogP contribution in [0.2, 0.25) is 0 Å². The number of fused-ring (bicyclic) bond motifs is 1. The molecular formula is C14H11ClF3N5O5S2. The molecule has 16 heteroatoms. The van der Waals surface area contributed by atoms with Gasteiger partial charge < -0.3 is 21.0 Å². The Bertz CT molecular complexity index is 966. The fraction of sp³-hybridized carbons (Fsp3) is 0.357. The number of carboxylic acids is 1. The third-order valence-corrected chi connectivity index (χ3v) is 6.20. The molecule has 10 nitrogen and oxygen atoms in total. The summed E-state index contributed by atoms with van der Waals surface area (Å²) in [6, 6.07) is -1.15. The molecule has 2 amide bonds. The summed E-state index contributed by atoms with van der Waals surface area (Å²) in [5.41, 5.74) is 4.33. The summed E-state index contributed by atoms with van der Waals surface area (Å²) < 4.78 is 36.9. The van der Waals surface area contributed by atoms with Crippen molar-refractivity contribution >= 4 is 63.3 Å². The number of anilines is 1. The van der Waals surface area contributed by atoms with Crippen molar-refractivity contribution < 1.29 is 37.5 Å². The lowest BCUT2D eigenvalue weighted by molar-refractivity contribution is -0.174. The van der Waals surface area contributed by atoms with E-state index in [1.54, 1.807) is 0 Å². The van der Waals surface area contributed by atoms with Gasteiger partial charge in [-0.2, -0.15) is 13.2 Å². The van der Waals surface area contributed by atoms with Crippen molar-refractivity contribution in [3.05, 3.63) is 21.8 Å². The number of aliphatic carboxylic acids is 1. The van der Waals surface area contributed by atoms with Crippen LogP contribution in [0.4, 0.5) is 18.3 Å². The van der Waals surface area contributed by atoms with Crippen molar-refractivity contribution in [2.45, 2.75) is 17.6 Å². The highest BCUT2D eigenvalue weighted by atomic mass is 35.5. The van der Waals surface area contributed by atoms with Crippen LogP contribution in [0.25, 0.3) is 0 Å². The Morgan fingerprint density at radius 1 is 1.50 bits per heavy atom. The van der Waals surface area contributed by atoms with Gasteiger partial charge in [-0.1, -0.05) is 16.8 Å². The molecule has 1 saturated heterocycles. The van der Waals surface area contributed by atoms with E-state index < -0.39 is 47.7 Å². The summed E-state index contributed by atoms with van der Waals surface area (Å²) in [5.74, 6) is -3.09. The standard InChI is InChI=1S/C14H11ClF3N5O5S2/c15-4-1-29-11-7(10(25)23(11)8(4)12(26)27)21-9(24)6(5-2-30-13(19)20-5)22-28-3-14(16,17)18/h2,7,11H,1,3H2,(H2,19,20)(H,21,24)(H,26,27)/t7?,11-/m1/s1. The number of hydrogen-bond acceptors (Lipinski definition) is 9. The van der Waals surface area contributed by atoms with Gasteiger partial charge in [-0.25, -0.2) is 9.78 Å². The van der Waals surface area contributed by atoms with Gasteiger partial charge in [-0.3, -0.25) is 14.5 Å². The molecule has 3 rings (SSSR count). The van der Waals surface area contributed by atoms with E-state index in [0.717, 1.165) is 28.0 Å². The summed E-state index contributed by atoms with van der Waals surface area (Å²) in [5, 5.41) is 15.3. The minimum atomic E-state index is -4.69. The molecule has 0 aromatic carbocycles. The predicted octanol–water partition coefficient (Wildman–Crippen LogP) is 0.943. The van der Waals surface area contributed by atoms with E-state index in [9.17, 15) is 32.7 Å². The first-order valence-electron chi connectivity index (χ1n) is 7.85. The number of carboxylic acid groups (broad SMARTS) is 1. The largest absolute Gasteiger partial charge is 0.477 e. The third-order valence-electron chi connectivity index (χ3n) is 3.77. The molecule has 1 aromatic rings. The van der Waals surface area contributed by atoms with Gasteiger partial charge in [0.2, 0.25) is 6.61 Å². The molecule has 0 saturated carbocycles. The number of halogens is 4. The van der Waals surface area contributed by atoms with Crippen molar-refractivity contribution in [3.8, 4) is 0 Å². The van der Waals surface area contributed by atoms with Crippen molar-refractivity contribution in [2.24, 2.45) is 5.16 Å². The van der Waals surface area contributed by atoms with Crippen molar-refractivity contribution in [2.75, 3.05) is 18.1 Å².